The van der Waals surface area contributed by atoms with Gasteiger partial charge in [-0.15, -0.1) is 0 Å². The quantitative estimate of drug-likeness (QED) is 0.0903. The van der Waals surface area contributed by atoms with Crippen molar-refractivity contribution in [1.82, 2.24) is 15.2 Å². The van der Waals surface area contributed by atoms with Crippen molar-refractivity contribution in [2.24, 2.45) is 10.8 Å². The van der Waals surface area contributed by atoms with E-state index in [0.717, 1.165) is 50.0 Å². The number of nitrogens with zero attached hydrogens (tertiary/aromatic N) is 2. The summed E-state index contributed by atoms with van der Waals surface area (Å²) in [5, 5.41) is 12.3. The van der Waals surface area contributed by atoms with Crippen molar-refractivity contribution in [3.63, 3.8) is 0 Å². The minimum atomic E-state index is -2.17. The fourth-order valence-electron chi connectivity index (χ4n) is 5.61. The van der Waals surface area contributed by atoms with E-state index < -0.39 is 14.4 Å². The van der Waals surface area contributed by atoms with E-state index in [1.54, 1.807) is 24.2 Å². The summed E-state index contributed by atoms with van der Waals surface area (Å²) in [5.74, 6) is -0.170. The number of amides is 1. The van der Waals surface area contributed by atoms with Gasteiger partial charge in [0.25, 0.3) is 5.91 Å². The van der Waals surface area contributed by atoms with Gasteiger partial charge in [-0.3, -0.25) is 14.6 Å². The van der Waals surface area contributed by atoms with Crippen LogP contribution in [0, 0.1) is 16.2 Å². The number of hydrogen-bond donors (Lipinski definition) is 2. The first-order chi connectivity index (χ1) is 19.5. The van der Waals surface area contributed by atoms with Gasteiger partial charge in [0.15, 0.2) is 8.32 Å². The number of aromatic nitrogens is 1. The van der Waals surface area contributed by atoms with Crippen molar-refractivity contribution in [2.75, 3.05) is 13.1 Å². The molecule has 1 aromatic rings. The minimum absolute atomic E-state index is 0.0135. The summed E-state index contributed by atoms with van der Waals surface area (Å²) in [7, 11) is -2.17. The Balaban J connectivity index is 2.48. The maximum absolute atomic E-state index is 14.2. The number of hydrogen-bond acceptors (Lipinski definition) is 6. The van der Waals surface area contributed by atoms with E-state index in [2.05, 4.69) is 51.8 Å². The van der Waals surface area contributed by atoms with Crippen molar-refractivity contribution in [3.05, 3.63) is 38.7 Å². The van der Waals surface area contributed by atoms with Crippen LogP contribution in [0.1, 0.15) is 92.7 Å². The topological polar surface area (TPSA) is 95.4 Å². The number of Topliss-reactive ketones (excluding diaryl/α,β-unsaturated/α-hetero) is 1. The van der Waals surface area contributed by atoms with E-state index in [-0.39, 0.29) is 45.8 Å². The van der Waals surface area contributed by atoms with E-state index in [4.69, 9.17) is 44.6 Å². The zero-order chi connectivity index (χ0) is 31.9. The molecule has 0 spiro atoms. The Morgan fingerprint density at radius 3 is 2.12 bits per heavy atom. The third-order valence-electron chi connectivity index (χ3n) is 8.76. The highest BCUT2D eigenvalue weighted by atomic mass is 35.5. The Kier molecular flexibility index (Phi) is 13.6. The number of ketones is 1. The number of pyridine rings is 1. The van der Waals surface area contributed by atoms with Gasteiger partial charge in [-0.05, 0) is 56.2 Å². The van der Waals surface area contributed by atoms with E-state index in [1.807, 2.05) is 6.92 Å². The van der Waals surface area contributed by atoms with Crippen LogP contribution in [0.5, 0.6) is 0 Å². The molecule has 1 aliphatic rings. The second-order valence-electron chi connectivity index (χ2n) is 13.0. The third kappa shape index (κ3) is 9.52. The summed E-state index contributed by atoms with van der Waals surface area (Å²) in [6.45, 7) is 16.9. The smallest absolute Gasteiger partial charge is 0.258 e. The predicted octanol–water partition coefficient (Wildman–Crippen LogP) is 8.55. The normalized spacial score (nSPS) is 20.9. The van der Waals surface area contributed by atoms with Crippen molar-refractivity contribution >= 4 is 61.0 Å². The Labute approximate surface area is 268 Å². The zero-order valence-corrected chi connectivity index (χ0v) is 29.8. The van der Waals surface area contributed by atoms with Gasteiger partial charge < -0.3 is 20.1 Å². The fraction of sp³-hybridized carbons (Fsp3) is 0.677. The molecule has 1 saturated carbocycles. The Morgan fingerprint density at radius 2 is 1.69 bits per heavy atom. The average molecular weight is 660 g/mol. The molecule has 0 radical (unpaired) electrons. The van der Waals surface area contributed by atoms with E-state index in [9.17, 15) is 9.59 Å². The molecule has 1 atom stereocenters. The maximum atomic E-state index is 14.2. The van der Waals surface area contributed by atoms with E-state index in [0.29, 0.717) is 22.2 Å². The monoisotopic (exact) mass is 658 g/mol. The third-order valence-corrected chi connectivity index (χ3v) is 14.3. The van der Waals surface area contributed by atoms with Crippen molar-refractivity contribution in [2.45, 2.75) is 111 Å². The van der Waals surface area contributed by atoms with Crippen LogP contribution in [0.25, 0.3) is 0 Å². The molecule has 1 heterocycles. The molecule has 0 aliphatic heterocycles. The first-order valence-corrected chi connectivity index (χ1v) is 18.7. The molecule has 0 saturated heterocycles. The summed E-state index contributed by atoms with van der Waals surface area (Å²) in [6, 6.07) is 2.75. The van der Waals surface area contributed by atoms with Gasteiger partial charge in [0.2, 0.25) is 0 Å². The van der Waals surface area contributed by atoms with Crippen LogP contribution in [0.15, 0.2) is 23.1 Å². The molecule has 1 aromatic heterocycles. The Morgan fingerprint density at radius 1 is 1.17 bits per heavy atom. The molecule has 1 aliphatic carbocycles. The number of rotatable bonds is 14. The summed E-state index contributed by atoms with van der Waals surface area (Å²) in [4.78, 5) is 32.1. The molecule has 11 heteroatoms. The Hall–Kier alpha value is -1.45. The lowest BCUT2D eigenvalue weighted by atomic mass is 9.71. The summed E-state index contributed by atoms with van der Waals surface area (Å²) < 4.78 is 6.96. The van der Waals surface area contributed by atoms with Gasteiger partial charge in [-0.2, -0.15) is 0 Å². The molecule has 2 N–H and O–H groups in total. The van der Waals surface area contributed by atoms with Gasteiger partial charge in [-0.25, -0.2) is 0 Å². The van der Waals surface area contributed by atoms with Crippen LogP contribution in [-0.4, -0.2) is 55.2 Å². The first kappa shape index (κ1) is 36.7. The molecule has 236 valence electrons. The minimum Gasteiger partial charge on any atom is -0.408 e. The lowest BCUT2D eigenvalue weighted by molar-refractivity contribution is -0.129. The highest BCUT2D eigenvalue weighted by Crippen LogP contribution is 2.39. The van der Waals surface area contributed by atoms with Crippen LogP contribution >= 0.6 is 34.8 Å². The van der Waals surface area contributed by atoms with Gasteiger partial charge in [-0.1, -0.05) is 83.3 Å². The lowest BCUT2D eigenvalue weighted by Gasteiger charge is -2.38. The van der Waals surface area contributed by atoms with Crippen LogP contribution in [0.4, 0.5) is 0 Å². The molecule has 0 bridgehead atoms. The van der Waals surface area contributed by atoms with Crippen LogP contribution in [0.2, 0.25) is 28.2 Å². The zero-order valence-electron chi connectivity index (χ0n) is 26.5. The number of carbonyl (C=O) groups excluding carboxylic acids is 2. The average Bonchev–Trinajstić information content (AvgIpc) is 2.92. The van der Waals surface area contributed by atoms with E-state index >= 15 is 0 Å². The highest BCUT2D eigenvalue weighted by Gasteiger charge is 2.38. The lowest BCUT2D eigenvalue weighted by Crippen LogP contribution is -2.46. The highest BCUT2D eigenvalue weighted by molar-refractivity contribution is 6.73. The van der Waals surface area contributed by atoms with Gasteiger partial charge >= 0.3 is 0 Å². The van der Waals surface area contributed by atoms with E-state index in [1.165, 1.54) is 0 Å². The summed E-state index contributed by atoms with van der Waals surface area (Å²) in [5.41, 5.74) is 0.120. The van der Waals surface area contributed by atoms with Crippen molar-refractivity contribution < 1.29 is 14.0 Å². The number of carbonyl (C=O) groups is 2. The molecule has 2 rings (SSSR count). The predicted molar refractivity (Wildman–Crippen MR) is 177 cm³/mol. The molecule has 0 aromatic carbocycles. The molecule has 42 heavy (non-hydrogen) atoms. The summed E-state index contributed by atoms with van der Waals surface area (Å²) in [6.07, 6.45) is 6.54. The molecular formula is C31H49Cl3N4O3Si. The van der Waals surface area contributed by atoms with Crippen LogP contribution in [-0.2, 0) is 14.0 Å². The SMILES string of the molecule is CC[Si](CC)(CC)OC(CN(CC(C)(C)C)C(=O)/C(C=N)=C(\Cl)N[C@H]1CC[C@](C)(C(C)=O)CC1)c1c(Cl)cncc1Cl. The molecular weight excluding hydrogens is 611 g/mol. The molecule has 1 fully saturated rings. The molecule has 1 unspecified atom stereocenters. The second kappa shape index (κ2) is 15.5. The number of nitrogens with one attached hydrogen (secondary N) is 2. The largest absolute Gasteiger partial charge is 0.408 e. The maximum Gasteiger partial charge on any atom is 0.258 e. The van der Waals surface area contributed by atoms with Crippen LogP contribution in [0.3, 0.4) is 0 Å². The van der Waals surface area contributed by atoms with Gasteiger partial charge in [0.05, 0.1) is 28.3 Å². The van der Waals surface area contributed by atoms with Crippen molar-refractivity contribution in [3.8, 4) is 0 Å². The fourth-order valence-corrected chi connectivity index (χ4v) is 9.30. The molecule has 7 nitrogen and oxygen atoms in total. The Bertz CT molecular complexity index is 1110. The number of halogens is 3. The second-order valence-corrected chi connectivity index (χ2v) is 18.9. The van der Waals surface area contributed by atoms with Crippen LogP contribution < -0.4 is 5.32 Å². The molecule has 1 amide bonds. The van der Waals surface area contributed by atoms with Gasteiger partial charge in [0.1, 0.15) is 10.9 Å². The summed E-state index contributed by atoms with van der Waals surface area (Å²) >= 11 is 20.0. The standard InChI is InChI=1S/C31H49Cl3N4O3Si/c1-9-42(10-2,11-3)41-26(27-24(32)17-36-18-25(27)33)19-38(20-30(5,6)7)29(40)23(16-35)28(34)37-22-12-14-31(8,15-13-22)21(4)39/h16-18,22,26,35,37H,9-15,19-20H2,1-8H3/b28-23+,35-16?/t22-,26?,31-. The van der Waals surface area contributed by atoms with Gasteiger partial charge in [0, 0.05) is 42.2 Å². The first-order valence-electron chi connectivity index (χ1n) is 15.0. The van der Waals surface area contributed by atoms with Crippen molar-refractivity contribution in [1.29, 1.82) is 5.41 Å².